The Morgan fingerprint density at radius 3 is 2.83 bits per heavy atom. The molecule has 2 aromatic rings. The Hall–Kier alpha value is -1.16. The van der Waals surface area contributed by atoms with Gasteiger partial charge in [-0.15, -0.1) is 0 Å². The van der Waals surface area contributed by atoms with Gasteiger partial charge in [-0.1, -0.05) is 23.2 Å². The van der Waals surface area contributed by atoms with Crippen molar-refractivity contribution in [1.29, 1.82) is 0 Å². The molecule has 0 fully saturated rings. The molecule has 3 nitrogen and oxygen atoms in total. The van der Waals surface area contributed by atoms with Crippen LogP contribution in [0.1, 0.15) is 24.3 Å². The highest BCUT2D eigenvalue weighted by atomic mass is 35.5. The van der Waals surface area contributed by atoms with E-state index in [2.05, 4.69) is 5.32 Å². The Balaban J connectivity index is 2.06. The first kappa shape index (κ1) is 13.3. The van der Waals surface area contributed by atoms with Crippen molar-refractivity contribution < 1.29 is 9.52 Å². The molecular weight excluding hydrogens is 273 g/mol. The monoisotopic (exact) mass is 285 g/mol. The summed E-state index contributed by atoms with van der Waals surface area (Å²) in [6, 6.07) is 6.96. The standard InChI is InChI=1S/C13H13Cl2NO2/c1-8(12-3-2-4-18-12)16-7-9-5-10(14)6-11(15)13(9)17/h2-6,8,16-17H,7H2,1H3/t8-/m1/s1. The van der Waals surface area contributed by atoms with Gasteiger partial charge in [-0.25, -0.2) is 0 Å². The van der Waals surface area contributed by atoms with Crippen LogP contribution in [-0.4, -0.2) is 5.11 Å². The van der Waals surface area contributed by atoms with E-state index in [1.165, 1.54) is 6.07 Å². The Labute approximate surface area is 115 Å². The van der Waals surface area contributed by atoms with Crippen molar-refractivity contribution in [2.24, 2.45) is 0 Å². The average Bonchev–Trinajstić information content (AvgIpc) is 2.85. The number of hydrogen-bond donors (Lipinski definition) is 2. The van der Waals surface area contributed by atoms with Gasteiger partial charge in [0, 0.05) is 17.1 Å². The van der Waals surface area contributed by atoms with Crippen LogP contribution in [0.5, 0.6) is 5.75 Å². The van der Waals surface area contributed by atoms with Crippen LogP contribution in [0, 0.1) is 0 Å². The SMILES string of the molecule is C[C@@H](NCc1cc(Cl)cc(Cl)c1O)c1ccco1. The molecule has 0 spiro atoms. The molecule has 96 valence electrons. The summed E-state index contributed by atoms with van der Waals surface area (Å²) in [5.41, 5.74) is 0.658. The largest absolute Gasteiger partial charge is 0.506 e. The topological polar surface area (TPSA) is 45.4 Å². The fraction of sp³-hybridized carbons (Fsp3) is 0.231. The quantitative estimate of drug-likeness (QED) is 0.887. The maximum Gasteiger partial charge on any atom is 0.138 e. The fourth-order valence-electron chi connectivity index (χ4n) is 1.66. The molecule has 0 saturated heterocycles. The lowest BCUT2D eigenvalue weighted by molar-refractivity contribution is 0.422. The zero-order chi connectivity index (χ0) is 13.1. The van der Waals surface area contributed by atoms with Crippen LogP contribution in [0.2, 0.25) is 10.0 Å². The lowest BCUT2D eigenvalue weighted by atomic mass is 10.1. The van der Waals surface area contributed by atoms with Gasteiger partial charge in [0.25, 0.3) is 0 Å². The highest BCUT2D eigenvalue weighted by Crippen LogP contribution is 2.31. The second-order valence-corrected chi connectivity index (χ2v) is 4.86. The summed E-state index contributed by atoms with van der Waals surface area (Å²) in [5, 5.41) is 13.8. The van der Waals surface area contributed by atoms with Crippen molar-refractivity contribution >= 4 is 23.2 Å². The highest BCUT2D eigenvalue weighted by molar-refractivity contribution is 6.35. The Morgan fingerprint density at radius 1 is 1.39 bits per heavy atom. The molecule has 1 atom stereocenters. The number of benzene rings is 1. The van der Waals surface area contributed by atoms with Crippen molar-refractivity contribution in [1.82, 2.24) is 5.32 Å². The van der Waals surface area contributed by atoms with Crippen molar-refractivity contribution in [2.45, 2.75) is 19.5 Å². The first-order valence-corrected chi connectivity index (χ1v) is 6.27. The summed E-state index contributed by atoms with van der Waals surface area (Å²) >= 11 is 11.7. The molecule has 0 aliphatic heterocycles. The second kappa shape index (κ2) is 5.65. The van der Waals surface area contributed by atoms with Gasteiger partial charge in [0.05, 0.1) is 17.3 Å². The van der Waals surface area contributed by atoms with Crippen molar-refractivity contribution in [3.05, 3.63) is 51.9 Å². The number of furan rings is 1. The van der Waals surface area contributed by atoms with Gasteiger partial charge in [0.2, 0.25) is 0 Å². The van der Waals surface area contributed by atoms with Crippen molar-refractivity contribution in [3.8, 4) is 5.75 Å². The average molecular weight is 286 g/mol. The van der Waals surface area contributed by atoms with E-state index in [4.69, 9.17) is 27.6 Å². The van der Waals surface area contributed by atoms with Gasteiger partial charge in [0.1, 0.15) is 11.5 Å². The molecule has 1 aromatic heterocycles. The molecule has 0 amide bonds. The number of hydrogen-bond acceptors (Lipinski definition) is 3. The van der Waals surface area contributed by atoms with Crippen LogP contribution < -0.4 is 5.32 Å². The van der Waals surface area contributed by atoms with E-state index in [-0.39, 0.29) is 16.8 Å². The van der Waals surface area contributed by atoms with Gasteiger partial charge in [0.15, 0.2) is 0 Å². The normalized spacial score (nSPS) is 12.6. The van der Waals surface area contributed by atoms with Gasteiger partial charge in [-0.3, -0.25) is 0 Å². The van der Waals surface area contributed by atoms with E-state index >= 15 is 0 Å². The predicted molar refractivity (Wildman–Crippen MR) is 72.1 cm³/mol. The maximum absolute atomic E-state index is 9.81. The Morgan fingerprint density at radius 2 is 2.17 bits per heavy atom. The summed E-state index contributed by atoms with van der Waals surface area (Å²) in [4.78, 5) is 0. The van der Waals surface area contributed by atoms with Crippen LogP contribution in [0.15, 0.2) is 34.9 Å². The third-order valence-electron chi connectivity index (χ3n) is 2.68. The summed E-state index contributed by atoms with van der Waals surface area (Å²) in [7, 11) is 0. The summed E-state index contributed by atoms with van der Waals surface area (Å²) in [5.74, 6) is 0.892. The van der Waals surface area contributed by atoms with Crippen molar-refractivity contribution in [2.75, 3.05) is 0 Å². The molecule has 2 rings (SSSR count). The number of halogens is 2. The van der Waals surface area contributed by atoms with Crippen LogP contribution in [0.3, 0.4) is 0 Å². The van der Waals surface area contributed by atoms with Crippen LogP contribution in [-0.2, 0) is 6.54 Å². The van der Waals surface area contributed by atoms with Gasteiger partial charge >= 0.3 is 0 Å². The lowest BCUT2D eigenvalue weighted by Gasteiger charge is -2.13. The van der Waals surface area contributed by atoms with Gasteiger partial charge in [-0.2, -0.15) is 0 Å². The van der Waals surface area contributed by atoms with E-state index in [0.717, 1.165) is 5.76 Å². The van der Waals surface area contributed by atoms with E-state index in [1.54, 1.807) is 12.3 Å². The fourth-order valence-corrected chi connectivity index (χ4v) is 2.19. The molecule has 5 heteroatoms. The molecular formula is C13H13Cl2NO2. The van der Waals surface area contributed by atoms with Gasteiger partial charge < -0.3 is 14.8 Å². The first-order valence-electron chi connectivity index (χ1n) is 5.51. The maximum atomic E-state index is 9.81. The summed E-state index contributed by atoms with van der Waals surface area (Å²) in [6.45, 7) is 2.43. The first-order chi connectivity index (χ1) is 8.58. The predicted octanol–water partition coefficient (Wildman–Crippen LogP) is 4.14. The number of aromatic hydroxyl groups is 1. The van der Waals surface area contributed by atoms with Crippen LogP contribution in [0.25, 0.3) is 0 Å². The van der Waals surface area contributed by atoms with Crippen LogP contribution in [0.4, 0.5) is 0 Å². The third kappa shape index (κ3) is 2.99. The Kier molecular flexibility index (Phi) is 4.17. The molecule has 0 aliphatic rings. The smallest absolute Gasteiger partial charge is 0.138 e. The number of rotatable bonds is 4. The second-order valence-electron chi connectivity index (χ2n) is 4.01. The van der Waals surface area contributed by atoms with Gasteiger partial charge in [-0.05, 0) is 31.2 Å². The number of nitrogens with one attached hydrogen (secondary N) is 1. The summed E-state index contributed by atoms with van der Waals surface area (Å²) in [6.07, 6.45) is 1.63. The molecule has 0 radical (unpaired) electrons. The third-order valence-corrected chi connectivity index (χ3v) is 3.18. The Bertz CT molecular complexity index is 526. The number of phenolic OH excluding ortho intramolecular Hbond substituents is 1. The molecule has 2 N–H and O–H groups in total. The molecule has 0 aliphatic carbocycles. The molecule has 0 bridgehead atoms. The molecule has 1 heterocycles. The zero-order valence-electron chi connectivity index (χ0n) is 9.78. The van der Waals surface area contributed by atoms with E-state index < -0.39 is 0 Å². The highest BCUT2D eigenvalue weighted by Gasteiger charge is 2.11. The lowest BCUT2D eigenvalue weighted by Crippen LogP contribution is -2.17. The minimum atomic E-state index is 0.0390. The van der Waals surface area contributed by atoms with Crippen LogP contribution >= 0.6 is 23.2 Å². The minimum absolute atomic E-state index is 0.0390. The molecule has 18 heavy (non-hydrogen) atoms. The van der Waals surface area contributed by atoms with E-state index in [1.807, 2.05) is 19.1 Å². The molecule has 0 saturated carbocycles. The summed E-state index contributed by atoms with van der Waals surface area (Å²) < 4.78 is 5.28. The molecule has 0 unspecified atom stereocenters. The van der Waals surface area contributed by atoms with E-state index in [0.29, 0.717) is 17.1 Å². The molecule has 1 aromatic carbocycles. The number of phenols is 1. The zero-order valence-corrected chi connectivity index (χ0v) is 11.3. The minimum Gasteiger partial charge on any atom is -0.506 e. The van der Waals surface area contributed by atoms with E-state index in [9.17, 15) is 5.11 Å². The van der Waals surface area contributed by atoms with Crippen molar-refractivity contribution in [3.63, 3.8) is 0 Å².